The van der Waals surface area contributed by atoms with E-state index in [1.807, 2.05) is 17.4 Å². The van der Waals surface area contributed by atoms with Crippen molar-refractivity contribution in [1.29, 1.82) is 0 Å². The largest absolute Gasteiger partial charge is 1.00 e. The van der Waals surface area contributed by atoms with Crippen LogP contribution < -0.4 is 33.5 Å². The van der Waals surface area contributed by atoms with Gasteiger partial charge < -0.3 is 37.9 Å². The molecule has 126 valence electrons. The molecule has 23 heavy (non-hydrogen) atoms. The fourth-order valence-electron chi connectivity index (χ4n) is 3.30. The molecule has 1 unspecified atom stereocenters. The molecule has 0 saturated heterocycles. The number of hydrogen-bond acceptors (Lipinski definition) is 3. The summed E-state index contributed by atoms with van der Waals surface area (Å²) < 4.78 is 11.8. The SMILES string of the molecule is COc1ccc(CC2c3sccc3CC[N+]2(C)C)cc1OC.[I-]. The first-order chi connectivity index (χ1) is 10.5. The van der Waals surface area contributed by atoms with Crippen molar-refractivity contribution in [3.63, 3.8) is 0 Å². The minimum Gasteiger partial charge on any atom is -1.00 e. The molecule has 3 rings (SSSR count). The number of halogens is 1. The summed E-state index contributed by atoms with van der Waals surface area (Å²) in [5.74, 6) is 1.60. The van der Waals surface area contributed by atoms with Crippen molar-refractivity contribution < 1.29 is 37.9 Å². The predicted molar refractivity (Wildman–Crippen MR) is 91.0 cm³/mol. The van der Waals surface area contributed by atoms with Crippen LogP contribution in [0.25, 0.3) is 0 Å². The summed E-state index contributed by atoms with van der Waals surface area (Å²) in [7, 11) is 8.05. The number of fused-ring (bicyclic) bond motifs is 1. The maximum absolute atomic E-state index is 5.44. The van der Waals surface area contributed by atoms with Gasteiger partial charge in [0, 0.05) is 12.8 Å². The minimum atomic E-state index is 0. The van der Waals surface area contributed by atoms with E-state index in [1.54, 1.807) is 19.1 Å². The van der Waals surface area contributed by atoms with E-state index in [0.29, 0.717) is 6.04 Å². The van der Waals surface area contributed by atoms with Crippen molar-refractivity contribution in [2.45, 2.75) is 18.9 Å². The molecule has 0 saturated carbocycles. The molecular formula is C18H24INO2S. The van der Waals surface area contributed by atoms with Crippen LogP contribution in [0.3, 0.4) is 0 Å². The van der Waals surface area contributed by atoms with E-state index in [1.165, 1.54) is 24.1 Å². The topological polar surface area (TPSA) is 18.5 Å². The highest BCUT2D eigenvalue weighted by molar-refractivity contribution is 7.10. The Labute approximate surface area is 159 Å². The fourth-order valence-corrected chi connectivity index (χ4v) is 4.53. The Balaban J connectivity index is 0.00000192. The number of methoxy groups -OCH3 is 2. The fraction of sp³-hybridized carbons (Fsp3) is 0.444. The molecule has 0 amide bonds. The smallest absolute Gasteiger partial charge is 0.160 e. The second-order valence-electron chi connectivity index (χ2n) is 6.47. The lowest BCUT2D eigenvalue weighted by Gasteiger charge is -2.41. The van der Waals surface area contributed by atoms with E-state index in [2.05, 4.69) is 37.7 Å². The molecule has 0 radical (unpaired) electrons. The van der Waals surface area contributed by atoms with Crippen molar-refractivity contribution in [2.75, 3.05) is 34.9 Å². The summed E-state index contributed by atoms with van der Waals surface area (Å²) in [4.78, 5) is 1.55. The molecule has 0 N–H and O–H groups in total. The van der Waals surface area contributed by atoms with Gasteiger partial charge in [0.2, 0.25) is 0 Å². The first-order valence-corrected chi connectivity index (χ1v) is 8.53. The molecule has 2 heterocycles. The normalized spacial score (nSPS) is 18.7. The Kier molecular flexibility index (Phi) is 5.97. The summed E-state index contributed by atoms with van der Waals surface area (Å²) in [6.45, 7) is 1.20. The number of ether oxygens (including phenoxy) is 2. The Bertz CT molecular complexity index is 669. The van der Waals surface area contributed by atoms with Gasteiger partial charge in [0.25, 0.3) is 0 Å². The van der Waals surface area contributed by atoms with Gasteiger partial charge in [-0.3, -0.25) is 0 Å². The van der Waals surface area contributed by atoms with Gasteiger partial charge in [0.1, 0.15) is 6.04 Å². The molecule has 1 aliphatic rings. The molecule has 0 spiro atoms. The molecule has 1 atom stereocenters. The minimum absolute atomic E-state index is 0. The van der Waals surface area contributed by atoms with Crippen LogP contribution in [0.15, 0.2) is 29.6 Å². The number of quaternary nitrogens is 1. The molecule has 0 bridgehead atoms. The average Bonchev–Trinajstić information content (AvgIpc) is 2.98. The van der Waals surface area contributed by atoms with Crippen molar-refractivity contribution in [2.24, 2.45) is 0 Å². The summed E-state index contributed by atoms with van der Waals surface area (Å²) in [5, 5.41) is 2.23. The second kappa shape index (κ2) is 7.40. The molecule has 1 aliphatic heterocycles. The zero-order valence-electron chi connectivity index (χ0n) is 14.1. The number of thiophene rings is 1. The highest BCUT2D eigenvalue weighted by Gasteiger charge is 2.36. The molecule has 3 nitrogen and oxygen atoms in total. The van der Waals surface area contributed by atoms with E-state index < -0.39 is 0 Å². The molecule has 5 heteroatoms. The van der Waals surface area contributed by atoms with Crippen molar-refractivity contribution in [3.8, 4) is 11.5 Å². The lowest BCUT2D eigenvalue weighted by molar-refractivity contribution is -0.922. The Hall–Kier alpha value is -0.790. The van der Waals surface area contributed by atoms with E-state index in [9.17, 15) is 0 Å². The number of benzene rings is 1. The van der Waals surface area contributed by atoms with Gasteiger partial charge in [-0.2, -0.15) is 0 Å². The Morgan fingerprint density at radius 1 is 1.13 bits per heavy atom. The monoisotopic (exact) mass is 445 g/mol. The first kappa shape index (κ1) is 18.5. The van der Waals surface area contributed by atoms with Crippen LogP contribution in [0.2, 0.25) is 0 Å². The van der Waals surface area contributed by atoms with E-state index >= 15 is 0 Å². The van der Waals surface area contributed by atoms with E-state index in [-0.39, 0.29) is 24.0 Å². The van der Waals surface area contributed by atoms with Crippen LogP contribution in [0.1, 0.15) is 22.0 Å². The Morgan fingerprint density at radius 3 is 2.57 bits per heavy atom. The van der Waals surface area contributed by atoms with Gasteiger partial charge >= 0.3 is 0 Å². The maximum Gasteiger partial charge on any atom is 0.160 e. The maximum atomic E-state index is 5.44. The van der Waals surface area contributed by atoms with Crippen molar-refractivity contribution in [1.82, 2.24) is 0 Å². The van der Waals surface area contributed by atoms with Crippen LogP contribution in [0.4, 0.5) is 0 Å². The van der Waals surface area contributed by atoms with Gasteiger partial charge in [0.05, 0.1) is 39.7 Å². The highest BCUT2D eigenvalue weighted by Crippen LogP contribution is 2.40. The van der Waals surface area contributed by atoms with Crippen molar-refractivity contribution in [3.05, 3.63) is 45.6 Å². The molecule has 0 fully saturated rings. The number of nitrogens with zero attached hydrogens (tertiary/aromatic N) is 1. The van der Waals surface area contributed by atoms with Gasteiger partial charge in [-0.1, -0.05) is 6.07 Å². The van der Waals surface area contributed by atoms with Gasteiger partial charge in [0.15, 0.2) is 11.5 Å². The van der Waals surface area contributed by atoms with Crippen molar-refractivity contribution >= 4 is 11.3 Å². The third kappa shape index (κ3) is 3.67. The molecule has 1 aromatic heterocycles. The van der Waals surface area contributed by atoms with Gasteiger partial charge in [-0.05, 0) is 34.7 Å². The summed E-state index contributed by atoms with van der Waals surface area (Å²) in [6, 6.07) is 9.08. The summed E-state index contributed by atoms with van der Waals surface area (Å²) in [5.41, 5.74) is 2.84. The number of hydrogen-bond donors (Lipinski definition) is 0. The summed E-state index contributed by atoms with van der Waals surface area (Å²) in [6.07, 6.45) is 2.22. The first-order valence-electron chi connectivity index (χ1n) is 7.65. The number of rotatable bonds is 4. The molecule has 1 aromatic carbocycles. The lowest BCUT2D eigenvalue weighted by Crippen LogP contribution is -3.00. The molecule has 2 aromatic rings. The average molecular weight is 445 g/mol. The lowest BCUT2D eigenvalue weighted by atomic mass is 9.94. The van der Waals surface area contributed by atoms with Crippen LogP contribution in [0, 0.1) is 0 Å². The van der Waals surface area contributed by atoms with Gasteiger partial charge in [-0.25, -0.2) is 0 Å². The van der Waals surface area contributed by atoms with Crippen LogP contribution in [-0.4, -0.2) is 39.3 Å². The van der Waals surface area contributed by atoms with Crippen LogP contribution in [0.5, 0.6) is 11.5 Å². The summed E-state index contributed by atoms with van der Waals surface area (Å²) >= 11 is 1.90. The standard InChI is InChI=1S/C18H24NO2S.HI/c1-19(2)9-7-14-8-10-22-18(14)15(19)11-13-5-6-16(20-3)17(12-13)21-4;/h5-6,8,10,12,15H,7,9,11H2,1-4H3;1H/q+1;/p-1. The third-order valence-corrected chi connectivity index (χ3v) is 5.82. The highest BCUT2D eigenvalue weighted by atomic mass is 127. The van der Waals surface area contributed by atoms with Crippen LogP contribution >= 0.6 is 11.3 Å². The second-order valence-corrected chi connectivity index (χ2v) is 7.42. The van der Waals surface area contributed by atoms with E-state index in [4.69, 9.17) is 9.47 Å². The van der Waals surface area contributed by atoms with Gasteiger partial charge in [-0.15, -0.1) is 11.3 Å². The number of likely N-dealkylation sites (N-methyl/N-ethyl adjacent to an activating group) is 1. The predicted octanol–water partition coefficient (Wildman–Crippen LogP) is 0.686. The molecule has 0 aliphatic carbocycles. The quantitative estimate of drug-likeness (QED) is 0.510. The Morgan fingerprint density at radius 2 is 1.87 bits per heavy atom. The zero-order chi connectivity index (χ0) is 15.7. The zero-order valence-corrected chi connectivity index (χ0v) is 17.1. The van der Waals surface area contributed by atoms with E-state index in [0.717, 1.165) is 22.4 Å². The molecular weight excluding hydrogens is 421 g/mol. The van der Waals surface area contributed by atoms with Crippen LogP contribution in [-0.2, 0) is 12.8 Å². The third-order valence-electron chi connectivity index (χ3n) is 4.76.